The van der Waals surface area contributed by atoms with E-state index in [4.69, 9.17) is 10.4 Å². The van der Waals surface area contributed by atoms with Gasteiger partial charge in [-0.3, -0.25) is 26.1 Å². The van der Waals surface area contributed by atoms with E-state index in [2.05, 4.69) is 20.9 Å². The van der Waals surface area contributed by atoms with Crippen molar-refractivity contribution in [2.45, 2.75) is 6.92 Å². The van der Waals surface area contributed by atoms with Crippen LogP contribution in [0.1, 0.15) is 16.2 Å². The number of nitrogens with two attached hydrogens (primary N) is 1. The lowest BCUT2D eigenvalue weighted by Gasteiger charge is -2.07. The zero-order chi connectivity index (χ0) is 14.7. The molecule has 2 aromatic rings. The Balaban J connectivity index is 2.32. The van der Waals surface area contributed by atoms with Crippen LogP contribution in [0.3, 0.4) is 0 Å². The van der Waals surface area contributed by atoms with Gasteiger partial charge in [0.15, 0.2) is 5.82 Å². The average molecular weight is 278 g/mol. The van der Waals surface area contributed by atoms with Gasteiger partial charge in [0.05, 0.1) is 16.2 Å². The minimum absolute atomic E-state index is 0.0162. The molecular formula is C10H10N6O4. The van der Waals surface area contributed by atoms with Gasteiger partial charge in [-0.15, -0.1) is 0 Å². The highest BCUT2D eigenvalue weighted by Crippen LogP contribution is 2.22. The Morgan fingerprint density at radius 3 is 2.80 bits per heavy atom. The normalized spacial score (nSPS) is 10.1. The number of aryl methyl sites for hydroxylation is 1. The molecule has 1 amide bonds. The van der Waals surface area contributed by atoms with Crippen LogP contribution in [-0.2, 0) is 0 Å². The number of non-ortho nitro benzene ring substituents is 1. The summed E-state index contributed by atoms with van der Waals surface area (Å²) in [4.78, 5) is 25.9. The number of nitro benzene ring substituents is 1. The number of nitro groups is 1. The van der Waals surface area contributed by atoms with Crippen molar-refractivity contribution in [3.63, 3.8) is 0 Å². The molecule has 10 nitrogen and oxygen atoms in total. The Morgan fingerprint density at radius 1 is 1.50 bits per heavy atom. The number of hydrazine groups is 1. The summed E-state index contributed by atoms with van der Waals surface area (Å²) in [7, 11) is 0. The molecule has 0 saturated carbocycles. The Bertz CT molecular complexity index is 668. The van der Waals surface area contributed by atoms with Crippen LogP contribution in [0.5, 0.6) is 0 Å². The summed E-state index contributed by atoms with van der Waals surface area (Å²) in [5.41, 5.74) is 2.25. The number of nitrogen functional groups attached to an aromatic ring is 1. The lowest BCUT2D eigenvalue weighted by Crippen LogP contribution is -2.17. The minimum Gasteiger partial charge on any atom is -0.323 e. The van der Waals surface area contributed by atoms with Crippen LogP contribution in [-0.4, -0.2) is 21.0 Å². The standard InChI is InChI=1S/C10H10N6O4/c1-5-12-10(20-15-5)13-9(17)7-4-6(16(18)19)2-3-8(7)14-11/h2-4,14H,11H2,1H3,(H,12,13,15,17). The van der Waals surface area contributed by atoms with Gasteiger partial charge in [-0.1, -0.05) is 5.16 Å². The van der Waals surface area contributed by atoms with Gasteiger partial charge in [0.2, 0.25) is 0 Å². The maximum atomic E-state index is 12.0. The van der Waals surface area contributed by atoms with Gasteiger partial charge in [0, 0.05) is 12.1 Å². The molecule has 4 N–H and O–H groups in total. The van der Waals surface area contributed by atoms with E-state index in [1.54, 1.807) is 6.92 Å². The summed E-state index contributed by atoms with van der Waals surface area (Å²) in [6.07, 6.45) is 0. The van der Waals surface area contributed by atoms with Gasteiger partial charge in [-0.2, -0.15) is 4.98 Å². The summed E-state index contributed by atoms with van der Waals surface area (Å²) in [6, 6.07) is 3.53. The summed E-state index contributed by atoms with van der Waals surface area (Å²) in [5.74, 6) is 4.94. The Hall–Kier alpha value is -3.01. The number of carbonyl (C=O) groups excluding carboxylic acids is 1. The predicted octanol–water partition coefficient (Wildman–Crippen LogP) is 0.824. The van der Waals surface area contributed by atoms with Crippen molar-refractivity contribution in [3.8, 4) is 0 Å². The molecule has 0 spiro atoms. The maximum absolute atomic E-state index is 12.0. The molecular weight excluding hydrogens is 268 g/mol. The highest BCUT2D eigenvalue weighted by Gasteiger charge is 2.18. The predicted molar refractivity (Wildman–Crippen MR) is 67.9 cm³/mol. The van der Waals surface area contributed by atoms with Crippen molar-refractivity contribution in [2.24, 2.45) is 5.84 Å². The van der Waals surface area contributed by atoms with Crippen LogP contribution >= 0.6 is 0 Å². The third kappa shape index (κ3) is 2.70. The third-order valence-electron chi connectivity index (χ3n) is 2.36. The zero-order valence-electron chi connectivity index (χ0n) is 10.3. The number of rotatable bonds is 4. The number of amides is 1. The molecule has 0 aliphatic heterocycles. The summed E-state index contributed by atoms with van der Waals surface area (Å²) >= 11 is 0. The lowest BCUT2D eigenvalue weighted by molar-refractivity contribution is -0.384. The molecule has 0 aliphatic carbocycles. The molecule has 104 valence electrons. The number of hydrogen-bond donors (Lipinski definition) is 3. The zero-order valence-corrected chi connectivity index (χ0v) is 10.3. The SMILES string of the molecule is Cc1noc(NC(=O)c2cc([N+](=O)[O-])ccc2NN)n1. The van der Waals surface area contributed by atoms with Crippen molar-refractivity contribution in [2.75, 3.05) is 10.7 Å². The molecule has 0 bridgehead atoms. The van der Waals surface area contributed by atoms with Crippen molar-refractivity contribution >= 4 is 23.3 Å². The molecule has 0 radical (unpaired) electrons. The van der Waals surface area contributed by atoms with E-state index in [1.165, 1.54) is 12.1 Å². The van der Waals surface area contributed by atoms with Gasteiger partial charge in [-0.25, -0.2) is 0 Å². The topological polar surface area (TPSA) is 149 Å². The van der Waals surface area contributed by atoms with E-state index in [1.807, 2.05) is 0 Å². The van der Waals surface area contributed by atoms with Crippen LogP contribution in [0.25, 0.3) is 0 Å². The summed E-state index contributed by atoms with van der Waals surface area (Å²) < 4.78 is 4.73. The minimum atomic E-state index is -0.662. The van der Waals surface area contributed by atoms with Gasteiger partial charge < -0.3 is 9.95 Å². The molecule has 1 aromatic carbocycles. The average Bonchev–Trinajstić information content (AvgIpc) is 2.83. The van der Waals surface area contributed by atoms with E-state index in [0.717, 1.165) is 6.07 Å². The van der Waals surface area contributed by atoms with Crippen LogP contribution in [0.4, 0.5) is 17.4 Å². The van der Waals surface area contributed by atoms with Crippen molar-refractivity contribution in [3.05, 3.63) is 39.7 Å². The third-order valence-corrected chi connectivity index (χ3v) is 2.36. The maximum Gasteiger partial charge on any atom is 0.328 e. The van der Waals surface area contributed by atoms with E-state index in [-0.39, 0.29) is 23.0 Å². The fraction of sp³-hybridized carbons (Fsp3) is 0.100. The summed E-state index contributed by atoms with van der Waals surface area (Å²) in [5, 5.41) is 16.5. The first-order chi connectivity index (χ1) is 9.51. The second kappa shape index (κ2) is 5.32. The molecule has 1 aromatic heterocycles. The number of anilines is 2. The molecule has 20 heavy (non-hydrogen) atoms. The van der Waals surface area contributed by atoms with Gasteiger partial charge in [0.25, 0.3) is 11.6 Å². The fourth-order valence-electron chi connectivity index (χ4n) is 1.47. The molecule has 0 unspecified atom stereocenters. The fourth-order valence-corrected chi connectivity index (χ4v) is 1.47. The molecule has 0 fully saturated rings. The van der Waals surface area contributed by atoms with Gasteiger partial charge in [-0.05, 0) is 13.0 Å². The van der Waals surface area contributed by atoms with Crippen LogP contribution in [0.2, 0.25) is 0 Å². The Labute approximate surface area is 112 Å². The second-order valence-electron chi connectivity index (χ2n) is 3.73. The largest absolute Gasteiger partial charge is 0.328 e. The first kappa shape index (κ1) is 13.4. The highest BCUT2D eigenvalue weighted by molar-refractivity contribution is 6.07. The van der Waals surface area contributed by atoms with E-state index < -0.39 is 10.8 Å². The second-order valence-corrected chi connectivity index (χ2v) is 3.73. The van der Waals surface area contributed by atoms with Crippen molar-refractivity contribution in [1.82, 2.24) is 10.1 Å². The quantitative estimate of drug-likeness (QED) is 0.422. The summed E-state index contributed by atoms with van der Waals surface area (Å²) in [6.45, 7) is 1.58. The van der Waals surface area contributed by atoms with Gasteiger partial charge >= 0.3 is 6.01 Å². The number of carbonyl (C=O) groups is 1. The highest BCUT2D eigenvalue weighted by atomic mass is 16.6. The smallest absolute Gasteiger partial charge is 0.323 e. The van der Waals surface area contributed by atoms with Crippen LogP contribution in [0.15, 0.2) is 22.7 Å². The van der Waals surface area contributed by atoms with E-state index in [0.29, 0.717) is 5.82 Å². The molecule has 1 heterocycles. The molecule has 10 heteroatoms. The van der Waals surface area contributed by atoms with E-state index in [9.17, 15) is 14.9 Å². The molecule has 0 saturated heterocycles. The first-order valence-corrected chi connectivity index (χ1v) is 5.38. The number of benzene rings is 1. The number of nitrogens with zero attached hydrogens (tertiary/aromatic N) is 3. The number of aromatic nitrogens is 2. The number of nitrogens with one attached hydrogen (secondary N) is 2. The Kier molecular flexibility index (Phi) is 3.57. The number of hydrogen-bond acceptors (Lipinski definition) is 8. The van der Waals surface area contributed by atoms with Gasteiger partial charge in [0.1, 0.15) is 0 Å². The monoisotopic (exact) mass is 278 g/mol. The molecule has 0 aliphatic rings. The van der Waals surface area contributed by atoms with Crippen molar-refractivity contribution < 1.29 is 14.2 Å². The van der Waals surface area contributed by atoms with Crippen molar-refractivity contribution in [1.29, 1.82) is 0 Å². The molecule has 2 rings (SSSR count). The Morgan fingerprint density at radius 2 is 2.25 bits per heavy atom. The molecule has 0 atom stereocenters. The van der Waals surface area contributed by atoms with E-state index >= 15 is 0 Å². The van der Waals surface area contributed by atoms with Crippen LogP contribution < -0.4 is 16.6 Å². The first-order valence-electron chi connectivity index (χ1n) is 5.38. The lowest BCUT2D eigenvalue weighted by atomic mass is 10.1. The van der Waals surface area contributed by atoms with Crippen LogP contribution in [0, 0.1) is 17.0 Å².